The normalized spacial score (nSPS) is 16.8. The fourth-order valence-electron chi connectivity index (χ4n) is 5.21. The summed E-state index contributed by atoms with van der Waals surface area (Å²) in [6, 6.07) is 6.14. The van der Waals surface area contributed by atoms with Crippen molar-refractivity contribution < 1.29 is 47.4 Å². The third-order valence-corrected chi connectivity index (χ3v) is 7.47. The molecule has 2 aromatic heterocycles. The fourth-order valence-corrected chi connectivity index (χ4v) is 5.21. The molecule has 0 saturated heterocycles. The number of esters is 1. The zero-order valence-corrected chi connectivity index (χ0v) is 24.1. The molecule has 14 nitrogen and oxygen atoms in total. The molecule has 2 aliphatic carbocycles. The molecule has 0 aliphatic heterocycles. The molecule has 5 N–H and O–H groups in total. The molecule has 0 atom stereocenters. The number of carbonyl (C=O) groups is 6. The van der Waals surface area contributed by atoms with E-state index in [1.54, 1.807) is 12.1 Å². The SMILES string of the molecule is COC(=O)C1(NC(=O)CNC(=O)c2ccco2)CCCCC1.O=C(CNC(=O)c1ccco1)NC1(C(=O)O)CCCCC1. The average Bonchev–Trinajstić information content (AvgIpc) is 3.75. The van der Waals surface area contributed by atoms with Gasteiger partial charge in [0.2, 0.25) is 11.8 Å². The Balaban J connectivity index is 0.000000236. The number of carbonyl (C=O) groups excluding carboxylic acids is 5. The summed E-state index contributed by atoms with van der Waals surface area (Å²) in [6.07, 6.45) is 9.93. The predicted molar refractivity (Wildman–Crippen MR) is 150 cm³/mol. The highest BCUT2D eigenvalue weighted by Gasteiger charge is 2.42. The molecular weight excluding hydrogens is 564 g/mol. The smallest absolute Gasteiger partial charge is 0.331 e. The summed E-state index contributed by atoms with van der Waals surface area (Å²) in [5.74, 6) is -3.14. The number of ether oxygens (including phenoxy) is 1. The molecule has 234 valence electrons. The van der Waals surface area contributed by atoms with Crippen LogP contribution in [0.15, 0.2) is 45.6 Å². The molecule has 2 heterocycles. The first kappa shape index (κ1) is 32.9. The number of aliphatic carboxylic acids is 1. The van der Waals surface area contributed by atoms with Gasteiger partial charge in [-0.1, -0.05) is 38.5 Å². The van der Waals surface area contributed by atoms with Crippen molar-refractivity contribution in [3.63, 3.8) is 0 Å². The van der Waals surface area contributed by atoms with Crippen LogP contribution in [0.25, 0.3) is 0 Å². The number of hydrogen-bond donors (Lipinski definition) is 5. The second kappa shape index (κ2) is 15.6. The highest BCUT2D eigenvalue weighted by atomic mass is 16.5. The standard InChI is InChI=1S/C15H20N2O5.C14H18N2O5/c1-21-14(20)15(7-3-2-4-8-15)17-12(18)10-16-13(19)11-6-5-9-22-11;17-11(9-15-12(18)10-5-4-8-21-10)16-14(13(19)20)6-2-1-3-7-14/h5-6,9H,2-4,7-8,10H2,1H3,(H,16,19)(H,17,18);4-5,8H,1-3,6-7,9H2,(H,15,18)(H,16,17)(H,19,20). The summed E-state index contributed by atoms with van der Waals surface area (Å²) in [7, 11) is 1.31. The number of hydrogen-bond acceptors (Lipinski definition) is 9. The minimum atomic E-state index is -1.20. The van der Waals surface area contributed by atoms with E-state index in [1.807, 2.05) is 0 Å². The van der Waals surface area contributed by atoms with Crippen molar-refractivity contribution in [1.82, 2.24) is 21.3 Å². The van der Waals surface area contributed by atoms with Gasteiger partial charge in [0.1, 0.15) is 11.1 Å². The van der Waals surface area contributed by atoms with Crippen molar-refractivity contribution in [1.29, 1.82) is 0 Å². The second-order valence-corrected chi connectivity index (χ2v) is 10.5. The molecule has 14 heteroatoms. The van der Waals surface area contributed by atoms with Crippen LogP contribution in [0.3, 0.4) is 0 Å². The van der Waals surface area contributed by atoms with Crippen LogP contribution in [0.1, 0.15) is 85.3 Å². The summed E-state index contributed by atoms with van der Waals surface area (Å²) in [4.78, 5) is 70.7. The Bertz CT molecular complexity index is 1240. The Hall–Kier alpha value is -4.62. The molecule has 0 unspecified atom stereocenters. The highest BCUT2D eigenvalue weighted by molar-refractivity contribution is 5.96. The van der Waals surface area contributed by atoms with E-state index in [0.717, 1.165) is 38.5 Å². The number of carboxylic acids is 1. The lowest BCUT2D eigenvalue weighted by molar-refractivity contribution is -0.152. The maximum Gasteiger partial charge on any atom is 0.331 e. The Kier molecular flexibility index (Phi) is 11.9. The third kappa shape index (κ3) is 9.18. The van der Waals surface area contributed by atoms with E-state index < -0.39 is 46.6 Å². The van der Waals surface area contributed by atoms with E-state index >= 15 is 0 Å². The number of furan rings is 2. The first-order chi connectivity index (χ1) is 20.6. The van der Waals surface area contributed by atoms with Crippen LogP contribution in [0.2, 0.25) is 0 Å². The van der Waals surface area contributed by atoms with Gasteiger partial charge in [-0.05, 0) is 49.9 Å². The zero-order valence-electron chi connectivity index (χ0n) is 24.1. The van der Waals surface area contributed by atoms with Gasteiger partial charge < -0.3 is 39.9 Å². The predicted octanol–water partition coefficient (Wildman–Crippen LogP) is 1.91. The molecule has 0 spiro atoms. The Morgan fingerprint density at radius 1 is 0.721 bits per heavy atom. The van der Waals surface area contributed by atoms with Gasteiger partial charge in [0.15, 0.2) is 11.5 Å². The molecule has 43 heavy (non-hydrogen) atoms. The van der Waals surface area contributed by atoms with E-state index in [1.165, 1.54) is 31.8 Å². The monoisotopic (exact) mass is 602 g/mol. The van der Waals surface area contributed by atoms with E-state index in [0.29, 0.717) is 25.7 Å². The summed E-state index contributed by atoms with van der Waals surface area (Å²) < 4.78 is 14.7. The van der Waals surface area contributed by atoms with Crippen molar-refractivity contribution in [2.75, 3.05) is 20.2 Å². The zero-order chi connectivity index (χ0) is 31.3. The van der Waals surface area contributed by atoms with Crippen LogP contribution in [0.4, 0.5) is 0 Å². The van der Waals surface area contributed by atoms with E-state index in [4.69, 9.17) is 13.6 Å². The molecule has 2 aliphatic rings. The number of nitrogens with one attached hydrogen (secondary N) is 4. The lowest BCUT2D eigenvalue weighted by atomic mass is 9.81. The molecule has 0 radical (unpaired) electrons. The van der Waals surface area contributed by atoms with Crippen molar-refractivity contribution in [3.8, 4) is 0 Å². The first-order valence-corrected chi connectivity index (χ1v) is 14.2. The number of methoxy groups -OCH3 is 1. The Morgan fingerprint density at radius 2 is 1.14 bits per heavy atom. The minimum Gasteiger partial charge on any atom is -0.480 e. The fraction of sp³-hybridized carbons (Fsp3) is 0.517. The van der Waals surface area contributed by atoms with Gasteiger partial charge in [-0.3, -0.25) is 19.2 Å². The summed E-state index contributed by atoms with van der Waals surface area (Å²) in [5.41, 5.74) is -2.18. The van der Waals surface area contributed by atoms with Crippen LogP contribution in [0.5, 0.6) is 0 Å². The summed E-state index contributed by atoms with van der Waals surface area (Å²) >= 11 is 0. The maximum absolute atomic E-state index is 12.0. The molecule has 0 bridgehead atoms. The minimum absolute atomic E-state index is 0.105. The maximum atomic E-state index is 12.0. The van der Waals surface area contributed by atoms with E-state index in [2.05, 4.69) is 21.3 Å². The molecule has 4 rings (SSSR count). The van der Waals surface area contributed by atoms with Crippen LogP contribution in [-0.2, 0) is 23.9 Å². The van der Waals surface area contributed by atoms with Gasteiger partial charge in [0.25, 0.3) is 11.8 Å². The van der Waals surface area contributed by atoms with Crippen molar-refractivity contribution in [2.45, 2.75) is 75.3 Å². The van der Waals surface area contributed by atoms with Crippen LogP contribution in [0, 0.1) is 0 Å². The topological polar surface area (TPSA) is 206 Å². The first-order valence-electron chi connectivity index (χ1n) is 14.2. The molecular formula is C29H38N4O10. The van der Waals surface area contributed by atoms with Crippen molar-refractivity contribution in [3.05, 3.63) is 48.3 Å². The summed E-state index contributed by atoms with van der Waals surface area (Å²) in [5, 5.41) is 19.5. The van der Waals surface area contributed by atoms with Crippen molar-refractivity contribution in [2.24, 2.45) is 0 Å². The highest BCUT2D eigenvalue weighted by Crippen LogP contribution is 2.30. The number of amides is 4. The number of rotatable bonds is 10. The van der Waals surface area contributed by atoms with Gasteiger partial charge in [0, 0.05) is 0 Å². The molecule has 2 fully saturated rings. The largest absolute Gasteiger partial charge is 0.480 e. The van der Waals surface area contributed by atoms with Gasteiger partial charge in [-0.2, -0.15) is 0 Å². The molecule has 4 amide bonds. The summed E-state index contributed by atoms with van der Waals surface area (Å²) in [6.45, 7) is -0.507. The van der Waals surface area contributed by atoms with Crippen molar-refractivity contribution >= 4 is 35.6 Å². The third-order valence-electron chi connectivity index (χ3n) is 7.47. The second-order valence-electron chi connectivity index (χ2n) is 10.5. The van der Waals surface area contributed by atoms with Crippen LogP contribution < -0.4 is 21.3 Å². The van der Waals surface area contributed by atoms with Crippen LogP contribution >= 0.6 is 0 Å². The van der Waals surface area contributed by atoms with Gasteiger partial charge in [0.05, 0.1) is 32.7 Å². The average molecular weight is 603 g/mol. The molecule has 0 aromatic carbocycles. The molecule has 2 aromatic rings. The lowest BCUT2D eigenvalue weighted by Crippen LogP contribution is -2.57. The lowest BCUT2D eigenvalue weighted by Gasteiger charge is -2.35. The van der Waals surface area contributed by atoms with Crippen LogP contribution in [-0.4, -0.2) is 72.0 Å². The van der Waals surface area contributed by atoms with Gasteiger partial charge in [-0.15, -0.1) is 0 Å². The Morgan fingerprint density at radius 3 is 1.51 bits per heavy atom. The number of carboxylic acid groups (broad SMARTS) is 1. The van der Waals surface area contributed by atoms with E-state index in [-0.39, 0.29) is 24.6 Å². The van der Waals surface area contributed by atoms with Gasteiger partial charge >= 0.3 is 11.9 Å². The molecule has 2 saturated carbocycles. The Labute approximate surface area is 248 Å². The quantitative estimate of drug-likeness (QED) is 0.250. The van der Waals surface area contributed by atoms with E-state index in [9.17, 15) is 33.9 Å². The van der Waals surface area contributed by atoms with Gasteiger partial charge in [-0.25, -0.2) is 9.59 Å².